The van der Waals surface area contributed by atoms with Crippen molar-refractivity contribution in [2.45, 2.75) is 45.6 Å². The summed E-state index contributed by atoms with van der Waals surface area (Å²) in [7, 11) is 0. The van der Waals surface area contributed by atoms with Crippen LogP contribution in [-0.4, -0.2) is 36.6 Å². The molecule has 2 unspecified atom stereocenters. The van der Waals surface area contributed by atoms with E-state index in [0.29, 0.717) is 25.0 Å². The van der Waals surface area contributed by atoms with Crippen molar-refractivity contribution in [3.63, 3.8) is 0 Å². The fourth-order valence-corrected chi connectivity index (χ4v) is 2.98. The summed E-state index contributed by atoms with van der Waals surface area (Å²) >= 11 is 0. The summed E-state index contributed by atoms with van der Waals surface area (Å²) in [6, 6.07) is 0.255. The molecule has 2 fully saturated rings. The van der Waals surface area contributed by atoms with Crippen LogP contribution in [0.3, 0.4) is 0 Å². The summed E-state index contributed by atoms with van der Waals surface area (Å²) in [6.45, 7) is 6.37. The second kappa shape index (κ2) is 5.17. The van der Waals surface area contributed by atoms with E-state index in [9.17, 15) is 4.79 Å². The van der Waals surface area contributed by atoms with Crippen molar-refractivity contribution in [2.24, 2.45) is 11.8 Å². The van der Waals surface area contributed by atoms with Crippen LogP contribution < -0.4 is 0 Å². The van der Waals surface area contributed by atoms with Crippen molar-refractivity contribution in [1.29, 1.82) is 0 Å². The Hall–Kier alpha value is -0.570. The zero-order valence-electron chi connectivity index (χ0n) is 10.4. The summed E-state index contributed by atoms with van der Waals surface area (Å²) < 4.78 is 5.37. The Labute approximate surface area is 98.1 Å². The van der Waals surface area contributed by atoms with Crippen molar-refractivity contribution in [3.05, 3.63) is 0 Å². The fraction of sp³-hybridized carbons (Fsp3) is 0.923. The van der Waals surface area contributed by atoms with Gasteiger partial charge in [-0.1, -0.05) is 19.8 Å². The van der Waals surface area contributed by atoms with Crippen molar-refractivity contribution in [2.75, 3.05) is 19.8 Å². The van der Waals surface area contributed by atoms with Gasteiger partial charge < -0.3 is 9.64 Å². The lowest BCUT2D eigenvalue weighted by molar-refractivity contribution is -0.144. The largest absolute Gasteiger partial charge is 0.377 e. The smallest absolute Gasteiger partial charge is 0.226 e. The zero-order chi connectivity index (χ0) is 11.5. The normalized spacial score (nSPS) is 29.4. The number of nitrogens with zero attached hydrogens (tertiary/aromatic N) is 1. The molecule has 3 nitrogen and oxygen atoms in total. The Morgan fingerprint density at radius 3 is 2.69 bits per heavy atom. The maximum atomic E-state index is 12.4. The van der Waals surface area contributed by atoms with E-state index in [2.05, 4.69) is 13.8 Å². The molecule has 2 atom stereocenters. The van der Waals surface area contributed by atoms with Gasteiger partial charge in [-0.2, -0.15) is 0 Å². The van der Waals surface area contributed by atoms with Gasteiger partial charge >= 0.3 is 0 Å². The maximum absolute atomic E-state index is 12.4. The van der Waals surface area contributed by atoms with Gasteiger partial charge in [0.25, 0.3) is 0 Å². The molecule has 16 heavy (non-hydrogen) atoms. The van der Waals surface area contributed by atoms with Crippen LogP contribution in [-0.2, 0) is 9.53 Å². The Morgan fingerprint density at radius 1 is 1.38 bits per heavy atom. The van der Waals surface area contributed by atoms with Gasteiger partial charge in [-0.3, -0.25) is 4.79 Å². The number of carbonyl (C=O) groups is 1. The van der Waals surface area contributed by atoms with Gasteiger partial charge in [0, 0.05) is 12.5 Å². The molecule has 1 saturated heterocycles. The number of hydrogen-bond acceptors (Lipinski definition) is 2. The second-order valence-electron chi connectivity index (χ2n) is 5.29. The fourth-order valence-electron chi connectivity index (χ4n) is 2.98. The highest BCUT2D eigenvalue weighted by molar-refractivity contribution is 5.79. The van der Waals surface area contributed by atoms with Crippen molar-refractivity contribution < 1.29 is 9.53 Å². The maximum Gasteiger partial charge on any atom is 0.226 e. The van der Waals surface area contributed by atoms with E-state index in [1.807, 2.05) is 4.90 Å². The third kappa shape index (κ3) is 2.40. The molecule has 2 rings (SSSR count). The van der Waals surface area contributed by atoms with Crippen LogP contribution in [0.5, 0.6) is 0 Å². The van der Waals surface area contributed by atoms with Crippen LogP contribution in [0.1, 0.15) is 39.5 Å². The highest BCUT2D eigenvalue weighted by Crippen LogP contribution is 2.32. The number of amides is 1. The topological polar surface area (TPSA) is 29.5 Å². The molecule has 0 aromatic rings. The Morgan fingerprint density at radius 2 is 2.06 bits per heavy atom. The standard InChI is InChI=1S/C13H23NO2/c1-10-9-16-8-7-14(10)13(15)11(2)12-5-3-4-6-12/h10-12H,3-9H2,1-2H3. The van der Waals surface area contributed by atoms with E-state index in [0.717, 1.165) is 6.54 Å². The molecule has 3 heteroatoms. The number of hydrogen-bond donors (Lipinski definition) is 0. The van der Waals surface area contributed by atoms with Crippen LogP contribution in [0, 0.1) is 11.8 Å². The van der Waals surface area contributed by atoms with Gasteiger partial charge in [-0.05, 0) is 25.7 Å². The van der Waals surface area contributed by atoms with Gasteiger partial charge in [-0.25, -0.2) is 0 Å². The molecule has 1 saturated carbocycles. The molecule has 0 spiro atoms. The molecule has 1 aliphatic carbocycles. The third-order valence-corrected chi connectivity index (χ3v) is 4.15. The van der Waals surface area contributed by atoms with Crippen LogP contribution in [0.4, 0.5) is 0 Å². The quantitative estimate of drug-likeness (QED) is 0.720. The van der Waals surface area contributed by atoms with Crippen LogP contribution >= 0.6 is 0 Å². The van der Waals surface area contributed by atoms with E-state index >= 15 is 0 Å². The molecule has 0 aromatic carbocycles. The van der Waals surface area contributed by atoms with Crippen molar-refractivity contribution in [1.82, 2.24) is 4.90 Å². The Balaban J connectivity index is 1.94. The van der Waals surface area contributed by atoms with Crippen molar-refractivity contribution >= 4 is 5.91 Å². The SMILES string of the molecule is CC(C(=O)N1CCOCC1C)C1CCCC1. The average molecular weight is 225 g/mol. The van der Waals surface area contributed by atoms with Gasteiger partial charge in [0.1, 0.15) is 0 Å². The van der Waals surface area contributed by atoms with E-state index in [4.69, 9.17) is 4.74 Å². The third-order valence-electron chi connectivity index (χ3n) is 4.15. The Kier molecular flexibility index (Phi) is 3.85. The molecule has 0 N–H and O–H groups in total. The lowest BCUT2D eigenvalue weighted by Gasteiger charge is -2.36. The summed E-state index contributed by atoms with van der Waals surface area (Å²) in [5.41, 5.74) is 0. The highest BCUT2D eigenvalue weighted by atomic mass is 16.5. The second-order valence-corrected chi connectivity index (χ2v) is 5.29. The first-order valence-corrected chi connectivity index (χ1v) is 6.58. The summed E-state index contributed by atoms with van der Waals surface area (Å²) in [5, 5.41) is 0. The average Bonchev–Trinajstić information content (AvgIpc) is 2.81. The molecule has 0 bridgehead atoms. The summed E-state index contributed by atoms with van der Waals surface area (Å²) in [6.07, 6.45) is 5.10. The minimum atomic E-state index is 0.211. The Bertz CT molecular complexity index is 248. The highest BCUT2D eigenvalue weighted by Gasteiger charge is 2.32. The van der Waals surface area contributed by atoms with E-state index in [1.54, 1.807) is 0 Å². The molecule has 1 aliphatic heterocycles. The lowest BCUT2D eigenvalue weighted by atomic mass is 9.91. The first-order chi connectivity index (χ1) is 7.70. The number of rotatable bonds is 2. The summed E-state index contributed by atoms with van der Waals surface area (Å²) in [5.74, 6) is 1.19. The summed E-state index contributed by atoms with van der Waals surface area (Å²) in [4.78, 5) is 14.4. The molecular formula is C13H23NO2. The predicted octanol–water partition coefficient (Wildman–Crippen LogP) is 2.06. The number of carbonyl (C=O) groups excluding carboxylic acids is 1. The minimum Gasteiger partial charge on any atom is -0.377 e. The van der Waals surface area contributed by atoms with E-state index < -0.39 is 0 Å². The molecule has 1 amide bonds. The zero-order valence-corrected chi connectivity index (χ0v) is 10.4. The van der Waals surface area contributed by atoms with Crippen LogP contribution in [0.25, 0.3) is 0 Å². The van der Waals surface area contributed by atoms with Crippen LogP contribution in [0.2, 0.25) is 0 Å². The molecule has 2 aliphatic rings. The van der Waals surface area contributed by atoms with E-state index in [-0.39, 0.29) is 12.0 Å². The van der Waals surface area contributed by atoms with Crippen molar-refractivity contribution in [3.8, 4) is 0 Å². The number of morpholine rings is 1. The van der Waals surface area contributed by atoms with Gasteiger partial charge in [-0.15, -0.1) is 0 Å². The first-order valence-electron chi connectivity index (χ1n) is 6.58. The molecule has 1 heterocycles. The van der Waals surface area contributed by atoms with Gasteiger partial charge in [0.05, 0.1) is 19.3 Å². The molecule has 0 aromatic heterocycles. The monoisotopic (exact) mass is 225 g/mol. The van der Waals surface area contributed by atoms with E-state index in [1.165, 1.54) is 25.7 Å². The molecule has 92 valence electrons. The van der Waals surface area contributed by atoms with Gasteiger partial charge in [0.2, 0.25) is 5.91 Å². The molecule has 0 radical (unpaired) electrons. The van der Waals surface area contributed by atoms with Gasteiger partial charge in [0.15, 0.2) is 0 Å². The predicted molar refractivity (Wildman–Crippen MR) is 63.1 cm³/mol. The number of ether oxygens (including phenoxy) is 1. The van der Waals surface area contributed by atoms with Crippen LogP contribution in [0.15, 0.2) is 0 Å². The molecular weight excluding hydrogens is 202 g/mol. The minimum absolute atomic E-state index is 0.211. The lowest BCUT2D eigenvalue weighted by Crippen LogP contribution is -2.49. The first kappa shape index (κ1) is 11.9.